The van der Waals surface area contributed by atoms with Crippen LogP contribution in [0.3, 0.4) is 0 Å². The Morgan fingerprint density at radius 3 is 2.21 bits per heavy atom. The van der Waals surface area contributed by atoms with Crippen LogP contribution in [-0.4, -0.2) is 29.8 Å². The second-order valence-electron chi connectivity index (χ2n) is 7.68. The van der Waals surface area contributed by atoms with Gasteiger partial charge in [0.05, 0.1) is 10.0 Å². The maximum absolute atomic E-state index is 13.5. The van der Waals surface area contributed by atoms with E-state index in [-0.39, 0.29) is 24.8 Å². The Kier molecular flexibility index (Phi) is 9.19. The van der Waals surface area contributed by atoms with Crippen molar-refractivity contribution in [2.45, 2.75) is 31.8 Å². The van der Waals surface area contributed by atoms with Crippen LogP contribution in [0.4, 0.5) is 0 Å². The first-order chi connectivity index (χ1) is 15.9. The summed E-state index contributed by atoms with van der Waals surface area (Å²) in [6.07, 6.45) is 1.08. The summed E-state index contributed by atoms with van der Waals surface area (Å²) in [5.41, 5.74) is 2.64. The zero-order chi connectivity index (χ0) is 23.8. The van der Waals surface area contributed by atoms with Gasteiger partial charge in [-0.25, -0.2) is 0 Å². The SMILES string of the molecule is CNC(=O)[C@H](Cc1ccccc1)N(Cc1ccc(Cl)c(Cl)c1)C(=O)CCc1ccccc1Cl. The molecule has 0 radical (unpaired) electrons. The molecule has 0 aliphatic rings. The summed E-state index contributed by atoms with van der Waals surface area (Å²) < 4.78 is 0. The number of hydrogen-bond acceptors (Lipinski definition) is 2. The number of carbonyl (C=O) groups excluding carboxylic acids is 2. The molecule has 2 amide bonds. The van der Waals surface area contributed by atoms with Crippen molar-refractivity contribution in [2.24, 2.45) is 0 Å². The fourth-order valence-electron chi connectivity index (χ4n) is 3.64. The van der Waals surface area contributed by atoms with Gasteiger partial charge in [-0.05, 0) is 41.3 Å². The summed E-state index contributed by atoms with van der Waals surface area (Å²) in [6.45, 7) is 0.225. The fourth-order valence-corrected chi connectivity index (χ4v) is 4.19. The van der Waals surface area contributed by atoms with Gasteiger partial charge in [-0.15, -0.1) is 0 Å². The van der Waals surface area contributed by atoms with Crippen molar-refractivity contribution in [1.82, 2.24) is 10.2 Å². The molecule has 1 atom stereocenters. The van der Waals surface area contributed by atoms with Gasteiger partial charge in [0.1, 0.15) is 6.04 Å². The van der Waals surface area contributed by atoms with Gasteiger partial charge in [0.2, 0.25) is 11.8 Å². The second kappa shape index (κ2) is 12.1. The Bertz CT molecular complexity index is 1110. The van der Waals surface area contributed by atoms with E-state index in [1.807, 2.05) is 54.6 Å². The molecule has 3 aromatic carbocycles. The van der Waals surface area contributed by atoms with E-state index in [1.54, 1.807) is 30.1 Å². The minimum absolute atomic E-state index is 0.148. The van der Waals surface area contributed by atoms with Crippen molar-refractivity contribution in [3.8, 4) is 0 Å². The topological polar surface area (TPSA) is 49.4 Å². The summed E-state index contributed by atoms with van der Waals surface area (Å²) in [6, 6.07) is 21.6. The van der Waals surface area contributed by atoms with Crippen LogP contribution >= 0.6 is 34.8 Å². The first kappa shape index (κ1) is 25.1. The number of amides is 2. The van der Waals surface area contributed by atoms with Gasteiger partial charge >= 0.3 is 0 Å². The van der Waals surface area contributed by atoms with E-state index in [1.165, 1.54) is 0 Å². The number of carbonyl (C=O) groups is 2. The van der Waals surface area contributed by atoms with Gasteiger partial charge in [0.15, 0.2) is 0 Å². The third-order valence-corrected chi connectivity index (χ3v) is 6.53. The predicted molar refractivity (Wildman–Crippen MR) is 135 cm³/mol. The lowest BCUT2D eigenvalue weighted by molar-refractivity contribution is -0.141. The monoisotopic (exact) mass is 502 g/mol. The summed E-state index contributed by atoms with van der Waals surface area (Å²) in [7, 11) is 1.58. The van der Waals surface area contributed by atoms with Gasteiger partial charge < -0.3 is 10.2 Å². The quantitative estimate of drug-likeness (QED) is 0.391. The van der Waals surface area contributed by atoms with Crippen LogP contribution < -0.4 is 5.32 Å². The first-order valence-electron chi connectivity index (χ1n) is 10.6. The van der Waals surface area contributed by atoms with Gasteiger partial charge in [0, 0.05) is 31.5 Å². The molecule has 0 heterocycles. The van der Waals surface area contributed by atoms with Gasteiger partial charge in [-0.3, -0.25) is 9.59 Å². The smallest absolute Gasteiger partial charge is 0.242 e. The minimum atomic E-state index is -0.689. The van der Waals surface area contributed by atoms with Crippen LogP contribution in [0.15, 0.2) is 72.8 Å². The van der Waals surface area contributed by atoms with E-state index in [0.29, 0.717) is 27.9 Å². The molecule has 0 fully saturated rings. The normalized spacial score (nSPS) is 11.6. The molecule has 1 N–H and O–H groups in total. The Labute approximate surface area is 209 Å². The second-order valence-corrected chi connectivity index (χ2v) is 8.90. The molecule has 0 aromatic heterocycles. The van der Waals surface area contributed by atoms with Crippen molar-refractivity contribution in [3.05, 3.63) is 105 Å². The van der Waals surface area contributed by atoms with Gasteiger partial charge in [0.25, 0.3) is 0 Å². The Morgan fingerprint density at radius 2 is 1.55 bits per heavy atom. The minimum Gasteiger partial charge on any atom is -0.357 e. The van der Waals surface area contributed by atoms with E-state index in [9.17, 15) is 9.59 Å². The highest BCUT2D eigenvalue weighted by Gasteiger charge is 2.29. The van der Waals surface area contributed by atoms with Gasteiger partial charge in [-0.2, -0.15) is 0 Å². The van der Waals surface area contributed by atoms with Crippen LogP contribution in [0.1, 0.15) is 23.1 Å². The van der Waals surface area contributed by atoms with Crippen molar-refractivity contribution in [1.29, 1.82) is 0 Å². The molecule has 33 heavy (non-hydrogen) atoms. The molecule has 0 unspecified atom stereocenters. The van der Waals surface area contributed by atoms with Crippen LogP contribution in [0.2, 0.25) is 15.1 Å². The zero-order valence-corrected chi connectivity index (χ0v) is 20.5. The number of likely N-dealkylation sites (N-methyl/N-ethyl adjacent to an activating group) is 1. The molecule has 3 aromatic rings. The zero-order valence-electron chi connectivity index (χ0n) is 18.2. The standard InChI is InChI=1S/C26H25Cl3N2O2/c1-30-26(33)24(16-18-7-3-2-4-8-18)31(17-19-11-13-22(28)23(29)15-19)25(32)14-12-20-9-5-6-10-21(20)27/h2-11,13,15,24H,12,14,16-17H2,1H3,(H,30,33)/t24-/m0/s1. The highest BCUT2D eigenvalue weighted by Crippen LogP contribution is 2.25. The fraction of sp³-hybridized carbons (Fsp3) is 0.231. The third-order valence-electron chi connectivity index (χ3n) is 5.42. The molecule has 4 nitrogen and oxygen atoms in total. The predicted octanol–water partition coefficient (Wildman–Crippen LogP) is 5.97. The largest absolute Gasteiger partial charge is 0.357 e. The highest BCUT2D eigenvalue weighted by molar-refractivity contribution is 6.42. The molecule has 0 aliphatic heterocycles. The van der Waals surface area contributed by atoms with E-state index in [0.717, 1.165) is 16.7 Å². The number of benzene rings is 3. The maximum Gasteiger partial charge on any atom is 0.242 e. The Balaban J connectivity index is 1.90. The number of rotatable bonds is 9. The lowest BCUT2D eigenvalue weighted by Crippen LogP contribution is -2.49. The van der Waals surface area contributed by atoms with Crippen molar-refractivity contribution >= 4 is 46.6 Å². The Hall–Kier alpha value is -2.53. The Morgan fingerprint density at radius 1 is 0.848 bits per heavy atom. The first-order valence-corrected chi connectivity index (χ1v) is 11.7. The van der Waals surface area contributed by atoms with E-state index < -0.39 is 6.04 Å². The van der Waals surface area contributed by atoms with Crippen LogP contribution in [0.5, 0.6) is 0 Å². The average molecular weight is 504 g/mol. The van der Waals surface area contributed by atoms with E-state index in [2.05, 4.69) is 5.32 Å². The molecule has 0 spiro atoms. The number of nitrogens with zero attached hydrogens (tertiary/aromatic N) is 1. The lowest BCUT2D eigenvalue weighted by Gasteiger charge is -2.31. The number of hydrogen-bond donors (Lipinski definition) is 1. The van der Waals surface area contributed by atoms with Crippen LogP contribution in [-0.2, 0) is 29.0 Å². The van der Waals surface area contributed by atoms with E-state index in [4.69, 9.17) is 34.8 Å². The van der Waals surface area contributed by atoms with Gasteiger partial charge in [-0.1, -0.05) is 89.4 Å². The number of nitrogens with one attached hydrogen (secondary N) is 1. The van der Waals surface area contributed by atoms with Crippen LogP contribution in [0, 0.1) is 0 Å². The molecular formula is C26H25Cl3N2O2. The maximum atomic E-state index is 13.5. The molecule has 172 valence electrons. The number of aryl methyl sites for hydroxylation is 1. The van der Waals surface area contributed by atoms with Crippen molar-refractivity contribution in [2.75, 3.05) is 7.05 Å². The summed E-state index contributed by atoms with van der Waals surface area (Å²) in [5.74, 6) is -0.379. The molecular weight excluding hydrogens is 479 g/mol. The molecule has 7 heteroatoms. The summed E-state index contributed by atoms with van der Waals surface area (Å²) in [4.78, 5) is 28.0. The summed E-state index contributed by atoms with van der Waals surface area (Å²) in [5, 5.41) is 4.16. The van der Waals surface area contributed by atoms with Crippen molar-refractivity contribution in [3.63, 3.8) is 0 Å². The summed E-state index contributed by atoms with van der Waals surface area (Å²) >= 11 is 18.5. The molecule has 0 bridgehead atoms. The molecule has 0 aliphatic carbocycles. The molecule has 3 rings (SSSR count). The molecule has 0 saturated carbocycles. The van der Waals surface area contributed by atoms with E-state index >= 15 is 0 Å². The van der Waals surface area contributed by atoms with Crippen LogP contribution in [0.25, 0.3) is 0 Å². The molecule has 0 saturated heterocycles. The van der Waals surface area contributed by atoms with Crippen molar-refractivity contribution < 1.29 is 9.59 Å². The highest BCUT2D eigenvalue weighted by atomic mass is 35.5. The number of halogens is 3. The third kappa shape index (κ3) is 6.97. The average Bonchev–Trinajstić information content (AvgIpc) is 2.83. The lowest BCUT2D eigenvalue weighted by atomic mass is 10.0.